The van der Waals surface area contributed by atoms with E-state index in [1.165, 1.54) is 0 Å². The topological polar surface area (TPSA) is 36.1 Å². The molecule has 0 saturated carbocycles. The average Bonchev–Trinajstić information content (AvgIpc) is 2.13. The molecule has 1 rings (SSSR count). The van der Waals surface area contributed by atoms with Crippen molar-refractivity contribution in [2.75, 3.05) is 0 Å². The van der Waals surface area contributed by atoms with Crippen LogP contribution >= 0.6 is 11.6 Å². The summed E-state index contributed by atoms with van der Waals surface area (Å²) in [5, 5.41) is 9.11. The molecule has 2 nitrogen and oxygen atoms in total. The van der Waals surface area contributed by atoms with E-state index in [1.54, 1.807) is 12.4 Å². The zero-order chi connectivity index (χ0) is 7.40. The summed E-state index contributed by atoms with van der Waals surface area (Å²) in [6.07, 6.45) is 4.95. The van der Waals surface area contributed by atoms with E-state index >= 15 is 0 Å². The largest absolute Gasteiger partial charge is 0.268 e. The molecule has 0 aliphatic carbocycles. The van der Waals surface area contributed by atoms with Gasteiger partial charge in [0.15, 0.2) is 0 Å². The molecule has 0 N–H and O–H groups in total. The highest BCUT2D eigenvalue weighted by molar-refractivity contribution is 6.30. The Balaban J connectivity index is 2.72. The SMILES string of the molecule is N#CC1CCC=NC=C1Cl. The van der Waals surface area contributed by atoms with E-state index in [0.717, 1.165) is 12.8 Å². The van der Waals surface area contributed by atoms with Crippen molar-refractivity contribution in [2.45, 2.75) is 12.8 Å². The van der Waals surface area contributed by atoms with Gasteiger partial charge in [-0.3, -0.25) is 4.99 Å². The molecule has 0 fully saturated rings. The lowest BCUT2D eigenvalue weighted by Gasteiger charge is -2.00. The third kappa shape index (κ3) is 1.58. The van der Waals surface area contributed by atoms with Gasteiger partial charge in [0.05, 0.1) is 17.0 Å². The molecule has 0 saturated heterocycles. The second kappa shape index (κ2) is 3.38. The lowest BCUT2D eigenvalue weighted by molar-refractivity contribution is 0.748. The first-order chi connectivity index (χ1) is 4.84. The molecule has 1 aliphatic heterocycles. The van der Waals surface area contributed by atoms with Gasteiger partial charge in [0, 0.05) is 12.4 Å². The molecule has 1 aliphatic rings. The number of hydrogen-bond acceptors (Lipinski definition) is 2. The van der Waals surface area contributed by atoms with E-state index in [1.807, 2.05) is 0 Å². The summed E-state index contributed by atoms with van der Waals surface area (Å²) in [4.78, 5) is 3.88. The fourth-order valence-electron chi connectivity index (χ4n) is 0.794. The molecule has 0 aromatic carbocycles. The molecule has 1 unspecified atom stereocenters. The number of rotatable bonds is 0. The maximum Gasteiger partial charge on any atom is 0.0838 e. The molecule has 0 aromatic heterocycles. The van der Waals surface area contributed by atoms with Crippen LogP contribution in [0.4, 0.5) is 0 Å². The summed E-state index contributed by atoms with van der Waals surface area (Å²) in [5.74, 6) is -0.149. The smallest absolute Gasteiger partial charge is 0.0838 e. The maximum absolute atomic E-state index is 8.56. The lowest BCUT2D eigenvalue weighted by atomic mass is 10.1. The van der Waals surface area contributed by atoms with E-state index in [2.05, 4.69) is 11.1 Å². The number of allylic oxidation sites excluding steroid dienone is 1. The first kappa shape index (κ1) is 7.30. The maximum atomic E-state index is 8.56. The van der Waals surface area contributed by atoms with Gasteiger partial charge in [0.25, 0.3) is 0 Å². The second-order valence-corrected chi connectivity index (χ2v) is 2.54. The Morgan fingerprint density at radius 1 is 1.80 bits per heavy atom. The van der Waals surface area contributed by atoms with Crippen LogP contribution in [0.5, 0.6) is 0 Å². The molecule has 0 amide bonds. The van der Waals surface area contributed by atoms with Gasteiger partial charge in [-0.2, -0.15) is 5.26 Å². The molecule has 0 spiro atoms. The number of aliphatic imine (C=N–C) groups is 1. The predicted molar refractivity (Wildman–Crippen MR) is 40.8 cm³/mol. The number of nitrogens with zero attached hydrogens (tertiary/aromatic N) is 2. The fraction of sp³-hybridized carbons (Fsp3) is 0.429. The van der Waals surface area contributed by atoms with Crippen LogP contribution < -0.4 is 0 Å². The minimum atomic E-state index is -0.149. The predicted octanol–water partition coefficient (Wildman–Crippen LogP) is 2.07. The third-order valence-corrected chi connectivity index (χ3v) is 1.74. The summed E-state index contributed by atoms with van der Waals surface area (Å²) in [7, 11) is 0. The highest BCUT2D eigenvalue weighted by Gasteiger charge is 2.11. The van der Waals surface area contributed by atoms with Crippen LogP contribution in [0.2, 0.25) is 0 Å². The average molecular weight is 155 g/mol. The van der Waals surface area contributed by atoms with E-state index < -0.39 is 0 Å². The number of hydrogen-bond donors (Lipinski definition) is 0. The van der Waals surface area contributed by atoms with Crippen molar-refractivity contribution in [3.05, 3.63) is 11.2 Å². The lowest BCUT2D eigenvalue weighted by Crippen LogP contribution is -1.94. The standard InChI is InChI=1S/C7H7ClN2/c8-7-5-10-3-1-2-6(7)4-9/h3,5-6H,1-2H2. The summed E-state index contributed by atoms with van der Waals surface area (Å²) in [5.41, 5.74) is 0. The molecule has 0 radical (unpaired) electrons. The summed E-state index contributed by atoms with van der Waals surface area (Å²) in [6.45, 7) is 0. The van der Waals surface area contributed by atoms with Gasteiger partial charge in [0.2, 0.25) is 0 Å². The normalized spacial score (nSPS) is 24.8. The fourth-order valence-corrected chi connectivity index (χ4v) is 1.01. The highest BCUT2D eigenvalue weighted by atomic mass is 35.5. The number of nitriles is 1. The zero-order valence-electron chi connectivity index (χ0n) is 5.42. The molecule has 0 aromatic rings. The van der Waals surface area contributed by atoms with E-state index in [4.69, 9.17) is 16.9 Å². The third-order valence-electron chi connectivity index (χ3n) is 1.38. The molecule has 10 heavy (non-hydrogen) atoms. The molecule has 1 heterocycles. The Morgan fingerprint density at radius 3 is 3.30 bits per heavy atom. The van der Waals surface area contributed by atoms with Gasteiger partial charge < -0.3 is 0 Å². The minimum Gasteiger partial charge on any atom is -0.268 e. The van der Waals surface area contributed by atoms with Crippen LogP contribution in [0.25, 0.3) is 0 Å². The summed E-state index contributed by atoms with van der Waals surface area (Å²) in [6, 6.07) is 2.11. The molecule has 0 bridgehead atoms. The number of halogens is 1. The van der Waals surface area contributed by atoms with Crippen LogP contribution in [-0.4, -0.2) is 6.21 Å². The van der Waals surface area contributed by atoms with Crippen molar-refractivity contribution in [3.8, 4) is 6.07 Å². The van der Waals surface area contributed by atoms with Crippen LogP contribution in [0.15, 0.2) is 16.2 Å². The van der Waals surface area contributed by atoms with E-state index in [0.29, 0.717) is 5.03 Å². The van der Waals surface area contributed by atoms with E-state index in [-0.39, 0.29) is 5.92 Å². The Labute approximate surface area is 64.8 Å². The molecular weight excluding hydrogens is 148 g/mol. The summed E-state index contributed by atoms with van der Waals surface area (Å²) < 4.78 is 0. The van der Waals surface area contributed by atoms with Gasteiger partial charge in [-0.1, -0.05) is 11.6 Å². The Hall–Kier alpha value is -0.810. The van der Waals surface area contributed by atoms with Crippen molar-refractivity contribution in [1.82, 2.24) is 0 Å². The monoisotopic (exact) mass is 154 g/mol. The quantitative estimate of drug-likeness (QED) is 0.526. The van der Waals surface area contributed by atoms with Crippen LogP contribution in [-0.2, 0) is 0 Å². The Morgan fingerprint density at radius 2 is 2.60 bits per heavy atom. The first-order valence-electron chi connectivity index (χ1n) is 3.11. The molecule has 1 atom stereocenters. The van der Waals surface area contributed by atoms with Crippen LogP contribution in [0.1, 0.15) is 12.8 Å². The Bertz CT molecular complexity index is 212. The second-order valence-electron chi connectivity index (χ2n) is 2.10. The molecule has 3 heteroatoms. The van der Waals surface area contributed by atoms with Crippen LogP contribution in [0, 0.1) is 17.2 Å². The Kier molecular flexibility index (Phi) is 2.47. The van der Waals surface area contributed by atoms with Gasteiger partial charge in [-0.25, -0.2) is 0 Å². The highest BCUT2D eigenvalue weighted by Crippen LogP contribution is 2.21. The van der Waals surface area contributed by atoms with Crippen molar-refractivity contribution < 1.29 is 0 Å². The van der Waals surface area contributed by atoms with Gasteiger partial charge in [-0.05, 0) is 12.8 Å². The first-order valence-corrected chi connectivity index (χ1v) is 3.49. The van der Waals surface area contributed by atoms with Gasteiger partial charge >= 0.3 is 0 Å². The molecule has 52 valence electrons. The molecular formula is C7H7ClN2. The van der Waals surface area contributed by atoms with Gasteiger partial charge in [-0.15, -0.1) is 0 Å². The summed E-state index contributed by atoms with van der Waals surface area (Å²) >= 11 is 5.71. The zero-order valence-corrected chi connectivity index (χ0v) is 6.17. The minimum absolute atomic E-state index is 0.149. The van der Waals surface area contributed by atoms with Gasteiger partial charge in [0.1, 0.15) is 0 Å². The van der Waals surface area contributed by atoms with Crippen LogP contribution in [0.3, 0.4) is 0 Å². The van der Waals surface area contributed by atoms with Crippen molar-refractivity contribution in [2.24, 2.45) is 10.9 Å². The van der Waals surface area contributed by atoms with Crippen molar-refractivity contribution in [1.29, 1.82) is 5.26 Å². The van der Waals surface area contributed by atoms with E-state index in [9.17, 15) is 0 Å². The van der Waals surface area contributed by atoms with Crippen molar-refractivity contribution >= 4 is 17.8 Å². The van der Waals surface area contributed by atoms with Crippen molar-refractivity contribution in [3.63, 3.8) is 0 Å².